The third-order valence-corrected chi connectivity index (χ3v) is 4.42. The Labute approximate surface area is 129 Å². The molecule has 0 radical (unpaired) electrons. The van der Waals surface area contributed by atoms with Crippen LogP contribution in [0.5, 0.6) is 0 Å². The van der Waals surface area contributed by atoms with Gasteiger partial charge in [-0.15, -0.1) is 0 Å². The molecule has 5 heteroatoms. The minimum absolute atomic E-state index is 0.103. The molecule has 2 rings (SSSR count). The van der Waals surface area contributed by atoms with Crippen molar-refractivity contribution in [2.45, 2.75) is 44.6 Å². The van der Waals surface area contributed by atoms with Crippen LogP contribution in [0.15, 0.2) is 24.3 Å². The molecule has 1 aliphatic rings. The summed E-state index contributed by atoms with van der Waals surface area (Å²) in [5, 5.41) is 9.64. The topological polar surface area (TPSA) is 57.6 Å². The number of hydrogen-bond acceptors (Lipinski definition) is 2. The molecular formula is C16H20ClNO3. The van der Waals surface area contributed by atoms with Gasteiger partial charge in [0, 0.05) is 11.1 Å². The summed E-state index contributed by atoms with van der Waals surface area (Å²) in [6.07, 6.45) is 2.46. The number of carboxylic acid groups (broad SMARTS) is 1. The third-order valence-electron chi connectivity index (χ3n) is 4.18. The molecule has 0 aliphatic heterocycles. The van der Waals surface area contributed by atoms with Crippen LogP contribution in [0.3, 0.4) is 0 Å². The van der Waals surface area contributed by atoms with E-state index in [-0.39, 0.29) is 18.5 Å². The van der Waals surface area contributed by atoms with E-state index in [0.717, 1.165) is 24.8 Å². The van der Waals surface area contributed by atoms with Crippen LogP contribution >= 0.6 is 11.6 Å². The first-order valence-corrected chi connectivity index (χ1v) is 7.53. The van der Waals surface area contributed by atoms with Gasteiger partial charge in [0.1, 0.15) is 6.54 Å². The quantitative estimate of drug-likeness (QED) is 0.909. The van der Waals surface area contributed by atoms with Crippen LogP contribution in [0.2, 0.25) is 5.02 Å². The first-order chi connectivity index (χ1) is 9.86. The number of carboxylic acids is 1. The fraction of sp³-hybridized carbons (Fsp3) is 0.500. The molecule has 1 aliphatic carbocycles. The van der Waals surface area contributed by atoms with Gasteiger partial charge in [-0.2, -0.15) is 0 Å². The number of aliphatic carboxylic acids is 1. The molecule has 1 N–H and O–H groups in total. The Hall–Kier alpha value is -1.55. The van der Waals surface area contributed by atoms with Gasteiger partial charge in [-0.05, 0) is 44.4 Å². The van der Waals surface area contributed by atoms with Crippen molar-refractivity contribution in [3.8, 4) is 0 Å². The third kappa shape index (κ3) is 3.05. The number of nitrogens with zero attached hydrogens (tertiary/aromatic N) is 1. The monoisotopic (exact) mass is 309 g/mol. The molecule has 1 amide bonds. The summed E-state index contributed by atoms with van der Waals surface area (Å²) in [7, 11) is 0. The zero-order valence-electron chi connectivity index (χ0n) is 12.3. The van der Waals surface area contributed by atoms with Crippen molar-refractivity contribution in [1.29, 1.82) is 0 Å². The van der Waals surface area contributed by atoms with Crippen molar-refractivity contribution in [3.63, 3.8) is 0 Å². The summed E-state index contributed by atoms with van der Waals surface area (Å²) in [5.74, 6) is -1.09. The SMILES string of the molecule is CC(C)N(CC(=O)O)C(=O)C1(c2cccc(Cl)c2)CCC1. The standard InChI is InChI=1S/C16H20ClNO3/c1-11(2)18(10-14(19)20)15(21)16(7-4-8-16)12-5-3-6-13(17)9-12/h3,5-6,9,11H,4,7-8,10H2,1-2H3,(H,19,20). The minimum Gasteiger partial charge on any atom is -0.480 e. The molecule has 0 saturated heterocycles. The summed E-state index contributed by atoms with van der Waals surface area (Å²) >= 11 is 6.04. The van der Waals surface area contributed by atoms with Gasteiger partial charge in [0.05, 0.1) is 5.41 Å². The second-order valence-electron chi connectivity index (χ2n) is 5.87. The van der Waals surface area contributed by atoms with Gasteiger partial charge in [-0.1, -0.05) is 30.2 Å². The van der Waals surface area contributed by atoms with E-state index in [2.05, 4.69) is 0 Å². The lowest BCUT2D eigenvalue weighted by atomic mass is 9.63. The number of rotatable bonds is 5. The number of carbonyl (C=O) groups excluding carboxylic acids is 1. The van der Waals surface area contributed by atoms with Gasteiger partial charge in [0.2, 0.25) is 5.91 Å². The highest BCUT2D eigenvalue weighted by Crippen LogP contribution is 2.46. The molecule has 0 spiro atoms. The summed E-state index contributed by atoms with van der Waals surface area (Å²) in [4.78, 5) is 25.4. The molecule has 0 aromatic heterocycles. The Morgan fingerprint density at radius 2 is 2.05 bits per heavy atom. The number of amides is 1. The molecule has 1 fully saturated rings. The van der Waals surface area contributed by atoms with Gasteiger partial charge >= 0.3 is 5.97 Å². The molecule has 114 valence electrons. The Bertz CT molecular complexity index is 552. The maximum atomic E-state index is 13.0. The van der Waals surface area contributed by atoms with Gasteiger partial charge in [0.25, 0.3) is 0 Å². The maximum absolute atomic E-state index is 13.0. The van der Waals surface area contributed by atoms with E-state index < -0.39 is 11.4 Å². The Morgan fingerprint density at radius 1 is 1.38 bits per heavy atom. The Kier molecular flexibility index (Phi) is 4.57. The molecule has 1 aromatic rings. The summed E-state index contributed by atoms with van der Waals surface area (Å²) in [5.41, 5.74) is 0.284. The average molecular weight is 310 g/mol. The highest BCUT2D eigenvalue weighted by Gasteiger charge is 2.48. The van der Waals surface area contributed by atoms with Crippen LogP contribution in [0.1, 0.15) is 38.7 Å². The fourth-order valence-electron chi connectivity index (χ4n) is 2.85. The summed E-state index contributed by atoms with van der Waals surface area (Å²) in [6.45, 7) is 3.41. The molecular weight excluding hydrogens is 290 g/mol. The van der Waals surface area contributed by atoms with E-state index >= 15 is 0 Å². The highest BCUT2D eigenvalue weighted by atomic mass is 35.5. The van der Waals surface area contributed by atoms with E-state index in [9.17, 15) is 9.59 Å². The molecule has 0 atom stereocenters. The summed E-state index contributed by atoms with van der Waals surface area (Å²) < 4.78 is 0. The van der Waals surface area contributed by atoms with Gasteiger partial charge < -0.3 is 10.0 Å². The molecule has 0 heterocycles. The van der Waals surface area contributed by atoms with Crippen molar-refractivity contribution in [1.82, 2.24) is 4.90 Å². The van der Waals surface area contributed by atoms with Crippen molar-refractivity contribution in [3.05, 3.63) is 34.9 Å². The van der Waals surface area contributed by atoms with E-state index in [1.54, 1.807) is 6.07 Å². The maximum Gasteiger partial charge on any atom is 0.323 e. The molecule has 0 bridgehead atoms. The largest absolute Gasteiger partial charge is 0.480 e. The van der Waals surface area contributed by atoms with Crippen LogP contribution in [0, 0.1) is 0 Å². The number of halogens is 1. The zero-order valence-corrected chi connectivity index (χ0v) is 13.1. The highest BCUT2D eigenvalue weighted by molar-refractivity contribution is 6.30. The molecule has 1 saturated carbocycles. The Balaban J connectivity index is 2.35. The van der Waals surface area contributed by atoms with E-state index in [1.165, 1.54) is 4.90 Å². The first-order valence-electron chi connectivity index (χ1n) is 7.16. The van der Waals surface area contributed by atoms with E-state index in [1.807, 2.05) is 32.0 Å². The van der Waals surface area contributed by atoms with Crippen LogP contribution in [-0.4, -0.2) is 34.5 Å². The number of carbonyl (C=O) groups is 2. The van der Waals surface area contributed by atoms with Crippen molar-refractivity contribution >= 4 is 23.5 Å². The van der Waals surface area contributed by atoms with Crippen molar-refractivity contribution < 1.29 is 14.7 Å². The van der Waals surface area contributed by atoms with E-state index in [4.69, 9.17) is 16.7 Å². The van der Waals surface area contributed by atoms with Crippen molar-refractivity contribution in [2.75, 3.05) is 6.54 Å². The van der Waals surface area contributed by atoms with Crippen molar-refractivity contribution in [2.24, 2.45) is 0 Å². The molecule has 1 aromatic carbocycles. The fourth-order valence-corrected chi connectivity index (χ4v) is 3.04. The van der Waals surface area contributed by atoms with E-state index in [0.29, 0.717) is 5.02 Å². The lowest BCUT2D eigenvalue weighted by Gasteiger charge is -2.44. The normalized spacial score (nSPS) is 16.4. The van der Waals surface area contributed by atoms with Crippen LogP contribution in [-0.2, 0) is 15.0 Å². The second-order valence-corrected chi connectivity index (χ2v) is 6.30. The lowest BCUT2D eigenvalue weighted by Crippen LogP contribution is -2.54. The second kappa shape index (κ2) is 6.06. The lowest BCUT2D eigenvalue weighted by molar-refractivity contribution is -0.150. The minimum atomic E-state index is -0.988. The first kappa shape index (κ1) is 15.8. The smallest absolute Gasteiger partial charge is 0.323 e. The average Bonchev–Trinajstić information content (AvgIpc) is 2.34. The molecule has 21 heavy (non-hydrogen) atoms. The van der Waals surface area contributed by atoms with Crippen LogP contribution in [0.25, 0.3) is 0 Å². The van der Waals surface area contributed by atoms with Gasteiger partial charge in [0.15, 0.2) is 0 Å². The van der Waals surface area contributed by atoms with Gasteiger partial charge in [-0.25, -0.2) is 0 Å². The Morgan fingerprint density at radius 3 is 2.48 bits per heavy atom. The predicted octanol–water partition coefficient (Wildman–Crippen LogP) is 3.08. The zero-order chi connectivity index (χ0) is 15.6. The van der Waals surface area contributed by atoms with Gasteiger partial charge in [-0.3, -0.25) is 9.59 Å². The molecule has 0 unspecified atom stereocenters. The van der Waals surface area contributed by atoms with Crippen LogP contribution < -0.4 is 0 Å². The number of benzene rings is 1. The van der Waals surface area contributed by atoms with Crippen LogP contribution in [0.4, 0.5) is 0 Å². The summed E-state index contributed by atoms with van der Waals surface area (Å²) in [6, 6.07) is 7.19. The predicted molar refractivity (Wildman–Crippen MR) is 81.5 cm³/mol. The number of hydrogen-bond donors (Lipinski definition) is 1. The molecule has 4 nitrogen and oxygen atoms in total.